The highest BCUT2D eigenvalue weighted by molar-refractivity contribution is 6.59. The van der Waals surface area contributed by atoms with Gasteiger partial charge in [-0.2, -0.15) is 0 Å². The average molecular weight is 470 g/mol. The van der Waals surface area contributed by atoms with Gasteiger partial charge in [0, 0.05) is 21.2 Å². The van der Waals surface area contributed by atoms with Crippen LogP contribution >= 0.6 is 46.4 Å². The normalized spacial score (nSPS) is 10.7. The topological polar surface area (TPSA) is 0 Å². The van der Waals surface area contributed by atoms with Crippen LogP contribution in [0.5, 0.6) is 0 Å². The molecule has 0 atom stereocenters. The van der Waals surface area contributed by atoms with Crippen molar-refractivity contribution in [3.63, 3.8) is 0 Å². The molecular formula is C26H16Cl4. The standard InChI is InChI=1S/C26H16Cl4/c27-20-13-11-19(12-14-20)24(26(29)30)21-15-16-22(28)25(18-9-5-2-6-10-18)23(21)17-7-3-1-4-8-17/h1-16H. The Hall–Kier alpha value is -2.22. The molecule has 0 aliphatic heterocycles. The SMILES string of the molecule is ClC(Cl)=C(c1ccc(Cl)cc1)c1ccc(Cl)c(-c2ccccc2)c1-c1ccccc1. The smallest absolute Gasteiger partial charge is 0.0843 e. The minimum Gasteiger partial charge on any atom is -0.0843 e. The zero-order valence-corrected chi connectivity index (χ0v) is 18.8. The fourth-order valence-electron chi connectivity index (χ4n) is 3.56. The van der Waals surface area contributed by atoms with Crippen molar-refractivity contribution in [3.8, 4) is 22.3 Å². The van der Waals surface area contributed by atoms with Crippen molar-refractivity contribution in [2.45, 2.75) is 0 Å². The molecule has 0 saturated carbocycles. The van der Waals surface area contributed by atoms with Gasteiger partial charge in [0.15, 0.2) is 0 Å². The Bertz CT molecular complexity index is 1190. The van der Waals surface area contributed by atoms with E-state index in [1.165, 1.54) is 0 Å². The second-order valence-corrected chi connectivity index (χ2v) is 8.51. The molecule has 0 radical (unpaired) electrons. The minimum atomic E-state index is 0.177. The molecule has 0 unspecified atom stereocenters. The summed E-state index contributed by atoms with van der Waals surface area (Å²) in [5, 5.41) is 1.30. The number of benzene rings is 4. The van der Waals surface area contributed by atoms with E-state index in [1.54, 1.807) is 0 Å². The van der Waals surface area contributed by atoms with Gasteiger partial charge in [-0.05, 0) is 46.0 Å². The third kappa shape index (κ3) is 4.29. The Morgan fingerprint density at radius 3 is 1.60 bits per heavy atom. The molecule has 0 aromatic heterocycles. The lowest BCUT2D eigenvalue weighted by molar-refractivity contribution is 1.51. The van der Waals surface area contributed by atoms with Crippen LogP contribution < -0.4 is 0 Å². The first-order valence-corrected chi connectivity index (χ1v) is 10.8. The summed E-state index contributed by atoms with van der Waals surface area (Å²) >= 11 is 25.7. The summed E-state index contributed by atoms with van der Waals surface area (Å²) in [6.07, 6.45) is 0. The molecule has 4 aromatic rings. The van der Waals surface area contributed by atoms with Crippen LogP contribution in [0.15, 0.2) is 102 Å². The predicted octanol–water partition coefficient (Wildman–Crippen LogP) is 9.52. The number of hydrogen-bond acceptors (Lipinski definition) is 0. The summed E-state index contributed by atoms with van der Waals surface area (Å²) in [7, 11) is 0. The van der Waals surface area contributed by atoms with Gasteiger partial charge in [0.25, 0.3) is 0 Å². The monoisotopic (exact) mass is 468 g/mol. The van der Waals surface area contributed by atoms with Crippen molar-refractivity contribution in [1.29, 1.82) is 0 Å². The van der Waals surface area contributed by atoms with Gasteiger partial charge < -0.3 is 0 Å². The van der Waals surface area contributed by atoms with E-state index in [9.17, 15) is 0 Å². The maximum Gasteiger partial charge on any atom is 0.115 e. The minimum absolute atomic E-state index is 0.177. The lowest BCUT2D eigenvalue weighted by atomic mass is 9.86. The van der Waals surface area contributed by atoms with Crippen LogP contribution in [0.4, 0.5) is 0 Å². The quantitative estimate of drug-likeness (QED) is 0.279. The van der Waals surface area contributed by atoms with Gasteiger partial charge in [0.2, 0.25) is 0 Å². The van der Waals surface area contributed by atoms with Crippen molar-refractivity contribution >= 4 is 52.0 Å². The second-order valence-electron chi connectivity index (χ2n) is 6.72. The summed E-state index contributed by atoms with van der Waals surface area (Å²) in [5.41, 5.74) is 6.44. The van der Waals surface area contributed by atoms with Gasteiger partial charge in [-0.1, -0.05) is 125 Å². The fraction of sp³-hybridized carbons (Fsp3) is 0. The van der Waals surface area contributed by atoms with E-state index in [0.717, 1.165) is 39.0 Å². The first kappa shape index (κ1) is 21.0. The van der Waals surface area contributed by atoms with E-state index >= 15 is 0 Å². The number of halogens is 4. The van der Waals surface area contributed by atoms with Crippen molar-refractivity contribution in [2.75, 3.05) is 0 Å². The molecule has 4 aromatic carbocycles. The van der Waals surface area contributed by atoms with Gasteiger partial charge >= 0.3 is 0 Å². The van der Waals surface area contributed by atoms with E-state index in [-0.39, 0.29) is 4.49 Å². The predicted molar refractivity (Wildman–Crippen MR) is 132 cm³/mol. The van der Waals surface area contributed by atoms with Gasteiger partial charge in [-0.25, -0.2) is 0 Å². The first-order valence-electron chi connectivity index (χ1n) is 9.31. The zero-order chi connectivity index (χ0) is 21.1. The third-order valence-corrected chi connectivity index (χ3v) is 5.82. The summed E-state index contributed by atoms with van der Waals surface area (Å²) < 4.78 is 0.177. The molecule has 148 valence electrons. The molecule has 0 saturated heterocycles. The highest BCUT2D eigenvalue weighted by Gasteiger charge is 2.21. The van der Waals surface area contributed by atoms with Crippen molar-refractivity contribution in [2.24, 2.45) is 0 Å². The molecule has 0 N–H and O–H groups in total. The van der Waals surface area contributed by atoms with E-state index in [0.29, 0.717) is 10.0 Å². The van der Waals surface area contributed by atoms with Gasteiger partial charge in [0.05, 0.1) is 0 Å². The molecule has 0 spiro atoms. The van der Waals surface area contributed by atoms with Gasteiger partial charge in [-0.3, -0.25) is 0 Å². The van der Waals surface area contributed by atoms with E-state index < -0.39 is 0 Å². The Morgan fingerprint density at radius 1 is 0.533 bits per heavy atom. The van der Waals surface area contributed by atoms with Crippen LogP contribution in [0.3, 0.4) is 0 Å². The van der Waals surface area contributed by atoms with Crippen molar-refractivity contribution in [1.82, 2.24) is 0 Å². The Balaban J connectivity index is 2.08. The average Bonchev–Trinajstić information content (AvgIpc) is 2.77. The molecule has 0 heterocycles. The molecule has 0 fully saturated rings. The van der Waals surface area contributed by atoms with Gasteiger partial charge in [-0.15, -0.1) is 0 Å². The van der Waals surface area contributed by atoms with E-state index in [4.69, 9.17) is 46.4 Å². The Labute approximate surface area is 196 Å². The maximum absolute atomic E-state index is 6.74. The zero-order valence-electron chi connectivity index (χ0n) is 15.7. The molecular weight excluding hydrogens is 454 g/mol. The Morgan fingerprint density at radius 2 is 1.07 bits per heavy atom. The molecule has 4 heteroatoms. The molecule has 0 nitrogen and oxygen atoms in total. The summed E-state index contributed by atoms with van der Waals surface area (Å²) in [5.74, 6) is 0. The molecule has 0 aliphatic carbocycles. The van der Waals surface area contributed by atoms with Crippen LogP contribution in [0.25, 0.3) is 27.8 Å². The van der Waals surface area contributed by atoms with Crippen molar-refractivity contribution < 1.29 is 0 Å². The maximum atomic E-state index is 6.74. The van der Waals surface area contributed by atoms with Gasteiger partial charge in [0.1, 0.15) is 4.49 Å². The Kier molecular flexibility index (Phi) is 6.51. The summed E-state index contributed by atoms with van der Waals surface area (Å²) in [4.78, 5) is 0. The highest BCUT2D eigenvalue weighted by atomic mass is 35.5. The third-order valence-electron chi connectivity index (χ3n) is 4.87. The number of rotatable bonds is 4. The first-order chi connectivity index (χ1) is 14.6. The van der Waals surface area contributed by atoms with Crippen LogP contribution in [0, 0.1) is 0 Å². The second kappa shape index (κ2) is 9.29. The number of hydrogen-bond donors (Lipinski definition) is 0. The van der Waals surface area contributed by atoms with Crippen LogP contribution in [-0.4, -0.2) is 0 Å². The van der Waals surface area contributed by atoms with Crippen LogP contribution in [0.1, 0.15) is 11.1 Å². The van der Waals surface area contributed by atoms with Crippen LogP contribution in [0.2, 0.25) is 10.0 Å². The molecule has 0 bridgehead atoms. The molecule has 0 aliphatic rings. The summed E-state index contributed by atoms with van der Waals surface area (Å²) in [6.45, 7) is 0. The molecule has 30 heavy (non-hydrogen) atoms. The fourth-order valence-corrected chi connectivity index (χ4v) is 4.37. The van der Waals surface area contributed by atoms with E-state index in [1.807, 2.05) is 84.9 Å². The lowest BCUT2D eigenvalue weighted by Gasteiger charge is -2.20. The lowest BCUT2D eigenvalue weighted by Crippen LogP contribution is -1.97. The van der Waals surface area contributed by atoms with Crippen LogP contribution in [-0.2, 0) is 0 Å². The summed E-state index contributed by atoms with van der Waals surface area (Å²) in [6, 6.07) is 31.5. The van der Waals surface area contributed by atoms with Crippen molar-refractivity contribution in [3.05, 3.63) is 123 Å². The highest BCUT2D eigenvalue weighted by Crippen LogP contribution is 2.45. The largest absolute Gasteiger partial charge is 0.115 e. The molecule has 4 rings (SSSR count). The van der Waals surface area contributed by atoms with E-state index in [2.05, 4.69) is 12.1 Å². The molecule has 0 amide bonds.